The van der Waals surface area contributed by atoms with Crippen molar-refractivity contribution in [3.63, 3.8) is 0 Å². The van der Waals surface area contributed by atoms with Crippen molar-refractivity contribution in [3.05, 3.63) is 59.4 Å². The van der Waals surface area contributed by atoms with Gasteiger partial charge in [0.05, 0.1) is 18.0 Å². The maximum atomic E-state index is 5.77. The number of hydrogen-bond donors (Lipinski definition) is 1. The first-order chi connectivity index (χ1) is 9.81. The van der Waals surface area contributed by atoms with Crippen molar-refractivity contribution in [3.8, 4) is 5.75 Å². The number of pyridine rings is 1. The van der Waals surface area contributed by atoms with Gasteiger partial charge in [-0.2, -0.15) is 0 Å². The molecule has 0 aliphatic heterocycles. The second-order valence-electron chi connectivity index (χ2n) is 4.52. The topological polar surface area (TPSA) is 43.4 Å². The van der Waals surface area contributed by atoms with Crippen LogP contribution in [0.2, 0.25) is 0 Å². The van der Waals surface area contributed by atoms with Crippen LogP contribution in [0.25, 0.3) is 0 Å². The minimum absolute atomic E-state index is 0.466. The van der Waals surface area contributed by atoms with Gasteiger partial charge in [0.1, 0.15) is 12.4 Å². The van der Waals surface area contributed by atoms with Crippen LogP contribution < -0.4 is 10.1 Å². The van der Waals surface area contributed by atoms with Crippen LogP contribution in [0.3, 0.4) is 0 Å². The third-order valence-corrected chi connectivity index (χ3v) is 2.82. The van der Waals surface area contributed by atoms with Gasteiger partial charge in [0.2, 0.25) is 0 Å². The van der Waals surface area contributed by atoms with Gasteiger partial charge in [0, 0.05) is 13.7 Å². The van der Waals surface area contributed by atoms with E-state index >= 15 is 0 Å². The predicted octanol–water partition coefficient (Wildman–Crippen LogP) is 2.53. The molecule has 0 spiro atoms. The van der Waals surface area contributed by atoms with Gasteiger partial charge in [-0.1, -0.05) is 18.2 Å². The van der Waals surface area contributed by atoms with Crippen LogP contribution in [0, 0.1) is 0 Å². The molecule has 0 aliphatic carbocycles. The van der Waals surface area contributed by atoms with Crippen molar-refractivity contribution in [1.29, 1.82) is 0 Å². The fourth-order valence-corrected chi connectivity index (χ4v) is 1.94. The molecule has 2 aromatic rings. The minimum atomic E-state index is 0.466. The zero-order valence-corrected chi connectivity index (χ0v) is 11.9. The molecule has 1 heterocycles. The molecular weight excluding hydrogens is 252 g/mol. The van der Waals surface area contributed by atoms with E-state index in [2.05, 4.69) is 10.3 Å². The second-order valence-corrected chi connectivity index (χ2v) is 4.52. The van der Waals surface area contributed by atoms with Gasteiger partial charge in [0.15, 0.2) is 0 Å². The number of benzene rings is 1. The summed E-state index contributed by atoms with van der Waals surface area (Å²) in [7, 11) is 3.59. The van der Waals surface area contributed by atoms with E-state index in [4.69, 9.17) is 9.47 Å². The van der Waals surface area contributed by atoms with Gasteiger partial charge in [-0.05, 0) is 36.9 Å². The number of rotatable bonds is 7. The molecule has 4 heteroatoms. The SMILES string of the molecule is CNCc1cccc(COc2cccc(COC)c2)n1. The first kappa shape index (κ1) is 14.5. The smallest absolute Gasteiger partial charge is 0.130 e. The summed E-state index contributed by atoms with van der Waals surface area (Å²) >= 11 is 0. The Hall–Kier alpha value is -1.91. The first-order valence-corrected chi connectivity index (χ1v) is 6.62. The molecule has 0 aliphatic rings. The highest BCUT2D eigenvalue weighted by Crippen LogP contribution is 2.15. The fraction of sp³-hybridized carbons (Fsp3) is 0.312. The Morgan fingerprint density at radius 2 is 1.85 bits per heavy atom. The largest absolute Gasteiger partial charge is 0.487 e. The maximum absolute atomic E-state index is 5.77. The van der Waals surface area contributed by atoms with Gasteiger partial charge < -0.3 is 14.8 Å². The molecule has 0 amide bonds. The quantitative estimate of drug-likeness (QED) is 0.841. The highest BCUT2D eigenvalue weighted by atomic mass is 16.5. The van der Waals surface area contributed by atoms with Crippen LogP contribution in [-0.2, 0) is 24.5 Å². The van der Waals surface area contributed by atoms with Crippen molar-refractivity contribution in [1.82, 2.24) is 10.3 Å². The van der Waals surface area contributed by atoms with E-state index in [1.165, 1.54) is 0 Å². The van der Waals surface area contributed by atoms with E-state index in [1.807, 2.05) is 49.5 Å². The monoisotopic (exact) mass is 272 g/mol. The highest BCUT2D eigenvalue weighted by molar-refractivity contribution is 5.28. The Morgan fingerprint density at radius 1 is 1.05 bits per heavy atom. The van der Waals surface area contributed by atoms with Gasteiger partial charge in [-0.3, -0.25) is 4.98 Å². The summed E-state index contributed by atoms with van der Waals surface area (Å²) in [5.41, 5.74) is 3.04. The van der Waals surface area contributed by atoms with E-state index in [0.717, 1.165) is 29.2 Å². The molecule has 0 bridgehead atoms. The predicted molar refractivity (Wildman–Crippen MR) is 78.5 cm³/mol. The van der Waals surface area contributed by atoms with Crippen LogP contribution in [0.15, 0.2) is 42.5 Å². The molecule has 0 atom stereocenters. The lowest BCUT2D eigenvalue weighted by Crippen LogP contribution is -2.08. The fourth-order valence-electron chi connectivity index (χ4n) is 1.94. The lowest BCUT2D eigenvalue weighted by atomic mass is 10.2. The number of nitrogens with one attached hydrogen (secondary N) is 1. The summed E-state index contributed by atoms with van der Waals surface area (Å²) in [6.07, 6.45) is 0. The number of hydrogen-bond acceptors (Lipinski definition) is 4. The van der Waals surface area contributed by atoms with Gasteiger partial charge in [-0.25, -0.2) is 0 Å². The van der Waals surface area contributed by atoms with E-state index < -0.39 is 0 Å². The standard InChI is InChI=1S/C16H20N2O2/c1-17-10-14-6-4-7-15(18-14)12-20-16-8-3-5-13(9-16)11-19-2/h3-9,17H,10-12H2,1-2H3. The average molecular weight is 272 g/mol. The third-order valence-electron chi connectivity index (χ3n) is 2.82. The van der Waals surface area contributed by atoms with Crippen LogP contribution in [-0.4, -0.2) is 19.1 Å². The van der Waals surface area contributed by atoms with E-state index in [-0.39, 0.29) is 0 Å². The molecule has 0 saturated carbocycles. The van der Waals surface area contributed by atoms with Crippen LogP contribution in [0.5, 0.6) is 5.75 Å². The molecular formula is C16H20N2O2. The van der Waals surface area contributed by atoms with Gasteiger partial charge in [0.25, 0.3) is 0 Å². The summed E-state index contributed by atoms with van der Waals surface area (Å²) < 4.78 is 10.9. The second kappa shape index (κ2) is 7.62. The number of methoxy groups -OCH3 is 1. The molecule has 1 N–H and O–H groups in total. The zero-order chi connectivity index (χ0) is 14.2. The summed E-state index contributed by atoms with van der Waals surface area (Å²) in [5.74, 6) is 0.834. The summed E-state index contributed by atoms with van der Waals surface area (Å²) in [5, 5.41) is 3.09. The summed E-state index contributed by atoms with van der Waals surface area (Å²) in [6.45, 7) is 1.82. The van der Waals surface area contributed by atoms with E-state index in [9.17, 15) is 0 Å². The molecule has 0 unspecified atom stereocenters. The molecule has 4 nitrogen and oxygen atoms in total. The normalized spacial score (nSPS) is 10.5. The first-order valence-electron chi connectivity index (χ1n) is 6.62. The van der Waals surface area contributed by atoms with Crippen LogP contribution in [0.4, 0.5) is 0 Å². The molecule has 1 aromatic heterocycles. The van der Waals surface area contributed by atoms with Crippen molar-refractivity contribution in [2.75, 3.05) is 14.2 Å². The zero-order valence-electron chi connectivity index (χ0n) is 11.9. The van der Waals surface area contributed by atoms with Crippen molar-refractivity contribution in [2.45, 2.75) is 19.8 Å². The molecule has 106 valence electrons. The molecule has 0 radical (unpaired) electrons. The van der Waals surface area contributed by atoms with Gasteiger partial charge >= 0.3 is 0 Å². The highest BCUT2D eigenvalue weighted by Gasteiger charge is 2.00. The average Bonchev–Trinajstić information content (AvgIpc) is 2.47. The Morgan fingerprint density at radius 3 is 2.65 bits per heavy atom. The summed E-state index contributed by atoms with van der Waals surface area (Å²) in [4.78, 5) is 4.52. The molecule has 0 saturated heterocycles. The lowest BCUT2D eigenvalue weighted by Gasteiger charge is -2.08. The van der Waals surface area contributed by atoms with Crippen molar-refractivity contribution < 1.29 is 9.47 Å². The number of aromatic nitrogens is 1. The third kappa shape index (κ3) is 4.33. The summed E-state index contributed by atoms with van der Waals surface area (Å²) in [6, 6.07) is 13.9. The Kier molecular flexibility index (Phi) is 5.53. The molecule has 20 heavy (non-hydrogen) atoms. The van der Waals surface area contributed by atoms with E-state index in [1.54, 1.807) is 7.11 Å². The molecule has 1 aromatic carbocycles. The van der Waals surface area contributed by atoms with Crippen LogP contribution >= 0.6 is 0 Å². The Labute approximate surface area is 119 Å². The Bertz CT molecular complexity index is 494. The Balaban J connectivity index is 1.97. The minimum Gasteiger partial charge on any atom is -0.487 e. The molecule has 2 rings (SSSR count). The van der Waals surface area contributed by atoms with Crippen LogP contribution in [0.1, 0.15) is 17.0 Å². The van der Waals surface area contributed by atoms with Crippen molar-refractivity contribution >= 4 is 0 Å². The number of ether oxygens (including phenoxy) is 2. The van der Waals surface area contributed by atoms with E-state index in [0.29, 0.717) is 13.2 Å². The molecule has 0 fully saturated rings. The van der Waals surface area contributed by atoms with Gasteiger partial charge in [-0.15, -0.1) is 0 Å². The number of nitrogens with zero attached hydrogens (tertiary/aromatic N) is 1. The maximum Gasteiger partial charge on any atom is 0.130 e. The lowest BCUT2D eigenvalue weighted by molar-refractivity contribution is 0.184. The van der Waals surface area contributed by atoms with Crippen molar-refractivity contribution in [2.24, 2.45) is 0 Å².